The first kappa shape index (κ1) is 22.2. The molecule has 0 fully saturated rings. The molecule has 0 aliphatic carbocycles. The molecule has 3 aromatic heterocycles. The van der Waals surface area contributed by atoms with Gasteiger partial charge in [-0.05, 0) is 23.8 Å². The van der Waals surface area contributed by atoms with E-state index in [9.17, 15) is 14.7 Å². The third-order valence-corrected chi connectivity index (χ3v) is 5.83. The number of nitrogens with zero attached hydrogens (tertiary/aromatic N) is 6. The largest absolute Gasteiger partial charge is 0.493 e. The van der Waals surface area contributed by atoms with Crippen LogP contribution in [0, 0.1) is 0 Å². The van der Waals surface area contributed by atoms with Gasteiger partial charge in [-0.15, -0.1) is 10.2 Å². The molecule has 0 saturated heterocycles. The van der Waals surface area contributed by atoms with Gasteiger partial charge in [0.25, 0.3) is 5.56 Å². The molecule has 0 aliphatic heterocycles. The molecule has 0 radical (unpaired) electrons. The molecule has 0 amide bonds. The van der Waals surface area contributed by atoms with Crippen molar-refractivity contribution in [3.05, 3.63) is 81.0 Å². The van der Waals surface area contributed by atoms with Crippen molar-refractivity contribution in [3.8, 4) is 5.88 Å². The molecule has 0 saturated carbocycles. The van der Waals surface area contributed by atoms with E-state index in [1.54, 1.807) is 23.7 Å². The van der Waals surface area contributed by atoms with Gasteiger partial charge in [0.1, 0.15) is 0 Å². The van der Waals surface area contributed by atoms with Crippen molar-refractivity contribution in [2.24, 2.45) is 24.3 Å². The SMILES string of the molecule is Cn1c(=O)c2c(nc(NC(=S)N=Nc3c(O)[nH]c4ccccc34)n2Cc2ccccc2)n(C)c1=O. The van der Waals surface area contributed by atoms with Crippen LogP contribution < -0.4 is 16.6 Å². The van der Waals surface area contributed by atoms with E-state index in [1.807, 2.05) is 42.5 Å². The second kappa shape index (κ2) is 8.65. The average molecular weight is 489 g/mol. The van der Waals surface area contributed by atoms with Crippen molar-refractivity contribution in [1.29, 1.82) is 0 Å². The number of rotatable bonds is 4. The zero-order valence-corrected chi connectivity index (χ0v) is 19.6. The quantitative estimate of drug-likeness (QED) is 0.263. The van der Waals surface area contributed by atoms with Crippen LogP contribution in [0.15, 0.2) is 74.4 Å². The van der Waals surface area contributed by atoms with Crippen LogP contribution in [-0.2, 0) is 20.6 Å². The minimum absolute atomic E-state index is 0.0406. The van der Waals surface area contributed by atoms with Crippen LogP contribution in [0.5, 0.6) is 5.88 Å². The first-order chi connectivity index (χ1) is 16.8. The van der Waals surface area contributed by atoms with Crippen molar-refractivity contribution in [3.63, 3.8) is 0 Å². The Labute approximate surface area is 203 Å². The number of aromatic nitrogens is 5. The molecule has 5 aromatic rings. The van der Waals surface area contributed by atoms with Crippen LogP contribution in [0.1, 0.15) is 5.56 Å². The van der Waals surface area contributed by atoms with E-state index in [2.05, 4.69) is 25.5 Å². The normalized spacial score (nSPS) is 11.6. The van der Waals surface area contributed by atoms with Crippen molar-refractivity contribution in [2.75, 3.05) is 5.32 Å². The lowest BCUT2D eigenvalue weighted by Crippen LogP contribution is -2.37. The number of nitrogens with one attached hydrogen (secondary N) is 2. The number of imidazole rings is 1. The predicted octanol–water partition coefficient (Wildman–Crippen LogP) is 3.15. The van der Waals surface area contributed by atoms with Crippen LogP contribution in [0.25, 0.3) is 22.1 Å². The summed E-state index contributed by atoms with van der Waals surface area (Å²) in [6.45, 7) is 0.302. The van der Waals surface area contributed by atoms with E-state index >= 15 is 0 Å². The number of aryl methyl sites for hydroxylation is 1. The summed E-state index contributed by atoms with van der Waals surface area (Å²) >= 11 is 5.35. The fourth-order valence-corrected chi connectivity index (χ4v) is 4.02. The van der Waals surface area contributed by atoms with Crippen LogP contribution in [0.2, 0.25) is 0 Å². The maximum absolute atomic E-state index is 13.0. The van der Waals surface area contributed by atoms with E-state index in [1.165, 1.54) is 11.6 Å². The molecule has 0 aliphatic rings. The fourth-order valence-electron chi connectivity index (χ4n) is 3.89. The van der Waals surface area contributed by atoms with E-state index in [0.717, 1.165) is 10.1 Å². The van der Waals surface area contributed by atoms with E-state index < -0.39 is 11.2 Å². The van der Waals surface area contributed by atoms with Crippen molar-refractivity contribution >= 4 is 51.0 Å². The molecule has 0 unspecified atom stereocenters. The summed E-state index contributed by atoms with van der Waals surface area (Å²) in [5.74, 6) is 0.0989. The molecule has 11 nitrogen and oxygen atoms in total. The molecule has 3 N–H and O–H groups in total. The van der Waals surface area contributed by atoms with Gasteiger partial charge in [-0.2, -0.15) is 4.98 Å². The number of hydrogen-bond donors (Lipinski definition) is 3. The number of fused-ring (bicyclic) bond motifs is 2. The van der Waals surface area contributed by atoms with Gasteiger partial charge in [-0.25, -0.2) is 4.79 Å². The van der Waals surface area contributed by atoms with Gasteiger partial charge < -0.3 is 10.1 Å². The maximum Gasteiger partial charge on any atom is 0.332 e. The highest BCUT2D eigenvalue weighted by molar-refractivity contribution is 7.80. The number of para-hydroxylation sites is 1. The van der Waals surface area contributed by atoms with Crippen LogP contribution >= 0.6 is 12.2 Å². The van der Waals surface area contributed by atoms with Crippen LogP contribution in [0.4, 0.5) is 11.6 Å². The molecule has 0 bridgehead atoms. The first-order valence-corrected chi connectivity index (χ1v) is 11.0. The molecule has 176 valence electrons. The van der Waals surface area contributed by atoms with E-state index in [-0.39, 0.29) is 33.8 Å². The number of thiocarbonyl (C=S) groups is 1. The third-order valence-electron chi connectivity index (χ3n) is 5.65. The minimum Gasteiger partial charge on any atom is -0.493 e. The Morgan fingerprint density at radius 1 is 1.09 bits per heavy atom. The lowest BCUT2D eigenvalue weighted by Gasteiger charge is -2.10. The number of benzene rings is 2. The van der Waals surface area contributed by atoms with Crippen molar-refractivity contribution in [2.45, 2.75) is 6.54 Å². The molecule has 0 atom stereocenters. The Kier molecular flexibility index (Phi) is 5.49. The molecule has 2 aromatic carbocycles. The van der Waals surface area contributed by atoms with Crippen LogP contribution in [-0.4, -0.2) is 33.9 Å². The summed E-state index contributed by atoms with van der Waals surface area (Å²) in [6.07, 6.45) is 0. The number of aromatic hydroxyl groups is 1. The Balaban J connectivity index is 1.56. The summed E-state index contributed by atoms with van der Waals surface area (Å²) < 4.78 is 3.99. The topological polar surface area (TPSA) is 135 Å². The predicted molar refractivity (Wildman–Crippen MR) is 136 cm³/mol. The van der Waals surface area contributed by atoms with E-state index in [0.29, 0.717) is 17.4 Å². The second-order valence-electron chi connectivity index (χ2n) is 7.88. The molecular formula is C23H20N8O3S. The Hall–Kier alpha value is -4.58. The highest BCUT2D eigenvalue weighted by atomic mass is 32.1. The second-order valence-corrected chi connectivity index (χ2v) is 8.27. The zero-order chi connectivity index (χ0) is 24.7. The van der Waals surface area contributed by atoms with Gasteiger partial charge in [0, 0.05) is 19.5 Å². The van der Waals surface area contributed by atoms with Gasteiger partial charge in [0.2, 0.25) is 16.9 Å². The summed E-state index contributed by atoms with van der Waals surface area (Å²) in [4.78, 5) is 32.8. The smallest absolute Gasteiger partial charge is 0.332 e. The van der Waals surface area contributed by atoms with Gasteiger partial charge >= 0.3 is 5.69 Å². The molecular weight excluding hydrogens is 468 g/mol. The number of aromatic amines is 1. The van der Waals surface area contributed by atoms with Gasteiger partial charge in [0.15, 0.2) is 16.9 Å². The van der Waals surface area contributed by atoms with Crippen LogP contribution in [0.3, 0.4) is 0 Å². The van der Waals surface area contributed by atoms with E-state index in [4.69, 9.17) is 12.2 Å². The average Bonchev–Trinajstić information content (AvgIpc) is 3.37. The maximum atomic E-state index is 13.0. The number of azo groups is 1. The lowest BCUT2D eigenvalue weighted by atomic mass is 10.2. The summed E-state index contributed by atoms with van der Waals surface area (Å²) in [6, 6.07) is 16.8. The number of H-pyrrole nitrogens is 1. The summed E-state index contributed by atoms with van der Waals surface area (Å²) in [5.41, 5.74) is 1.37. The third kappa shape index (κ3) is 3.89. The monoisotopic (exact) mass is 488 g/mol. The summed E-state index contributed by atoms with van der Waals surface area (Å²) in [7, 11) is 2.97. The van der Waals surface area contributed by atoms with Gasteiger partial charge in [-0.1, -0.05) is 48.5 Å². The van der Waals surface area contributed by atoms with Crippen molar-refractivity contribution in [1.82, 2.24) is 23.7 Å². The molecule has 35 heavy (non-hydrogen) atoms. The molecule has 0 spiro atoms. The summed E-state index contributed by atoms with van der Waals surface area (Å²) in [5, 5.41) is 21.9. The van der Waals surface area contributed by atoms with Gasteiger partial charge in [-0.3, -0.25) is 23.8 Å². The molecule has 12 heteroatoms. The zero-order valence-electron chi connectivity index (χ0n) is 18.8. The Morgan fingerprint density at radius 3 is 2.57 bits per heavy atom. The lowest BCUT2D eigenvalue weighted by molar-refractivity contribution is 0.459. The number of hydrogen-bond acceptors (Lipinski definition) is 6. The highest BCUT2D eigenvalue weighted by Crippen LogP contribution is 2.35. The number of anilines is 1. The standard InChI is InChI=1S/C23H20N8O3S/c1-29-18-17(20(33)30(2)23(29)34)31(12-13-8-4-3-5-9-13)21(25-18)26-22(35)28-27-16-14-10-6-7-11-15(14)24-19(16)32/h3-11,24,32H,12H2,1-2H3,(H,25,26,35). The Morgan fingerprint density at radius 2 is 1.80 bits per heavy atom. The Bertz CT molecular complexity index is 1740. The minimum atomic E-state index is -0.490. The molecule has 3 heterocycles. The fraction of sp³-hybridized carbons (Fsp3) is 0.130. The van der Waals surface area contributed by atoms with Gasteiger partial charge in [0.05, 0.1) is 12.1 Å². The first-order valence-electron chi connectivity index (χ1n) is 10.6. The highest BCUT2D eigenvalue weighted by Gasteiger charge is 2.20. The van der Waals surface area contributed by atoms with Crippen molar-refractivity contribution < 1.29 is 5.11 Å². The molecule has 5 rings (SSSR count).